The topological polar surface area (TPSA) is 144 Å². The van der Waals surface area contributed by atoms with Crippen LogP contribution in [0.5, 0.6) is 0 Å². The minimum Gasteiger partial charge on any atom is -0.444 e. The van der Waals surface area contributed by atoms with Crippen molar-refractivity contribution in [2.45, 2.75) is 69.4 Å². The molecule has 2 aliphatic rings. The lowest BCUT2D eigenvalue weighted by molar-refractivity contribution is -0.384. The molecule has 0 radical (unpaired) electrons. The van der Waals surface area contributed by atoms with Crippen LogP contribution in [0.25, 0.3) is 11.3 Å². The molecule has 2 aromatic carbocycles. The van der Waals surface area contributed by atoms with Crippen LogP contribution in [-0.2, 0) is 14.9 Å². The van der Waals surface area contributed by atoms with Gasteiger partial charge in [-0.05, 0) is 94.3 Å². The molecule has 238 valence electrons. The number of hydrogen-bond acceptors (Lipinski definition) is 9. The van der Waals surface area contributed by atoms with Crippen molar-refractivity contribution in [3.63, 3.8) is 0 Å². The third-order valence-corrected chi connectivity index (χ3v) is 9.24. The molecule has 1 saturated heterocycles. The van der Waals surface area contributed by atoms with E-state index < -0.39 is 16.6 Å². The number of piperidine rings is 1. The number of ether oxygens (including phenoxy) is 1. The molecule has 45 heavy (non-hydrogen) atoms. The van der Waals surface area contributed by atoms with Gasteiger partial charge in [-0.1, -0.05) is 30.7 Å². The van der Waals surface area contributed by atoms with E-state index in [0.717, 1.165) is 68.3 Å². The zero-order chi connectivity index (χ0) is 32.2. The number of pyridine rings is 1. The number of nitro groups is 1. The molecule has 5 rings (SSSR count). The summed E-state index contributed by atoms with van der Waals surface area (Å²) in [6.45, 7) is 5.95. The van der Waals surface area contributed by atoms with E-state index in [-0.39, 0.29) is 16.9 Å². The Labute approximate surface area is 263 Å². The number of anilines is 3. The molecule has 0 unspecified atom stereocenters. The van der Waals surface area contributed by atoms with E-state index in [4.69, 9.17) is 15.5 Å². The fraction of sp³-hybridized carbons (Fsp3) is 0.441. The van der Waals surface area contributed by atoms with Gasteiger partial charge in [0.05, 0.1) is 17.2 Å². The van der Waals surface area contributed by atoms with Gasteiger partial charge in [0, 0.05) is 42.1 Å². The van der Waals surface area contributed by atoms with Crippen molar-refractivity contribution in [1.82, 2.24) is 9.88 Å². The highest BCUT2D eigenvalue weighted by atomic mass is 16.6. The summed E-state index contributed by atoms with van der Waals surface area (Å²) in [5.41, 5.74) is 8.76. The summed E-state index contributed by atoms with van der Waals surface area (Å²) in [7, 11) is 1.99. The monoisotopic (exact) mass is 614 g/mol. The molecule has 0 atom stereocenters. The van der Waals surface area contributed by atoms with Gasteiger partial charge < -0.3 is 25.5 Å². The average Bonchev–Trinajstić information content (AvgIpc) is 2.99. The summed E-state index contributed by atoms with van der Waals surface area (Å²) in [6, 6.07) is 19.5. The van der Waals surface area contributed by atoms with Gasteiger partial charge in [-0.2, -0.15) is 0 Å². The first-order valence-electron chi connectivity index (χ1n) is 15.5. The maximum Gasteiger partial charge on any atom is 0.405 e. The minimum atomic E-state index is -0.780. The Morgan fingerprint density at radius 2 is 1.89 bits per heavy atom. The number of hydrogen-bond donors (Lipinski definition) is 2. The summed E-state index contributed by atoms with van der Waals surface area (Å²) < 4.78 is 5.38. The Morgan fingerprint density at radius 3 is 2.49 bits per heavy atom. The number of likely N-dealkylation sites (N-methyl/N-ethyl adjacent to an activating group) is 1. The quantitative estimate of drug-likeness (QED) is 0.139. The summed E-state index contributed by atoms with van der Waals surface area (Å²) in [4.78, 5) is 43.0. The van der Waals surface area contributed by atoms with Crippen molar-refractivity contribution in [2.75, 3.05) is 36.9 Å². The second kappa shape index (κ2) is 13.2. The SMILES string of the molecule is CN(CC=O)C1CCN(c2cccc(-c3ccc([N+](=O)[O-])c(Nc4ccc(C5(CC(C)(C)OC(N)=O)CCC5)cc4)n3)c2)CC1. The molecule has 11 nitrogen and oxygen atoms in total. The normalized spacial score (nSPS) is 16.6. The smallest absolute Gasteiger partial charge is 0.405 e. The van der Waals surface area contributed by atoms with Crippen molar-refractivity contribution in [3.05, 3.63) is 76.3 Å². The van der Waals surface area contributed by atoms with Crippen LogP contribution in [0.4, 0.5) is 27.7 Å². The number of carbonyl (C=O) groups is 2. The molecule has 3 N–H and O–H groups in total. The second-order valence-corrected chi connectivity index (χ2v) is 12.9. The highest BCUT2D eigenvalue weighted by Crippen LogP contribution is 2.49. The standard InChI is InChI=1S/C34H42N6O5/c1-33(2,45-32(35)42)23-34(16-5-17-34)25-8-10-26(11-9-25)36-31-30(40(43)44)13-12-29(37-31)24-6-4-7-28(22-24)39-18-14-27(15-19-39)38(3)20-21-41/h4,6-13,21-22,27H,5,14-20,23H2,1-3H3,(H2,35,42)(H,36,37). The Bertz CT molecular complexity index is 1530. The first-order valence-corrected chi connectivity index (χ1v) is 15.5. The average molecular weight is 615 g/mol. The lowest BCUT2D eigenvalue weighted by Gasteiger charge is -2.46. The van der Waals surface area contributed by atoms with Gasteiger partial charge in [-0.3, -0.25) is 15.0 Å². The van der Waals surface area contributed by atoms with Crippen molar-refractivity contribution in [2.24, 2.45) is 5.73 Å². The molecule has 3 aromatic rings. The second-order valence-electron chi connectivity index (χ2n) is 12.9. The molecular formula is C34H42N6O5. The van der Waals surface area contributed by atoms with Crippen LogP contribution in [0.3, 0.4) is 0 Å². The number of primary amides is 1. The summed E-state index contributed by atoms with van der Waals surface area (Å²) in [6.07, 6.45) is 5.81. The van der Waals surface area contributed by atoms with Crippen molar-refractivity contribution < 1.29 is 19.2 Å². The fourth-order valence-electron chi connectivity index (χ4n) is 6.88. The summed E-state index contributed by atoms with van der Waals surface area (Å²) in [5.74, 6) is 0.170. The van der Waals surface area contributed by atoms with E-state index >= 15 is 0 Å². The van der Waals surface area contributed by atoms with Crippen molar-refractivity contribution in [3.8, 4) is 11.3 Å². The Balaban J connectivity index is 1.33. The molecule has 11 heteroatoms. The van der Waals surface area contributed by atoms with Crippen LogP contribution in [0.2, 0.25) is 0 Å². The number of nitrogens with zero attached hydrogens (tertiary/aromatic N) is 4. The van der Waals surface area contributed by atoms with Gasteiger partial charge in [0.25, 0.3) is 0 Å². The maximum absolute atomic E-state index is 11.9. The maximum atomic E-state index is 11.9. The summed E-state index contributed by atoms with van der Waals surface area (Å²) in [5, 5.41) is 15.1. The predicted octanol–water partition coefficient (Wildman–Crippen LogP) is 6.19. The van der Waals surface area contributed by atoms with Gasteiger partial charge in [0.2, 0.25) is 5.82 Å². The number of nitrogens with one attached hydrogen (secondary N) is 1. The van der Waals surface area contributed by atoms with E-state index in [0.29, 0.717) is 30.4 Å². The van der Waals surface area contributed by atoms with Gasteiger partial charge in [0.1, 0.15) is 11.9 Å². The Kier molecular flexibility index (Phi) is 9.38. The van der Waals surface area contributed by atoms with E-state index in [9.17, 15) is 19.7 Å². The van der Waals surface area contributed by atoms with Gasteiger partial charge in [-0.25, -0.2) is 9.78 Å². The van der Waals surface area contributed by atoms with E-state index in [1.54, 1.807) is 6.07 Å². The lowest BCUT2D eigenvalue weighted by Crippen LogP contribution is -2.44. The van der Waals surface area contributed by atoms with Crippen LogP contribution in [-0.4, -0.2) is 65.5 Å². The van der Waals surface area contributed by atoms with Crippen LogP contribution in [0.1, 0.15) is 57.9 Å². The number of rotatable bonds is 12. The number of carbonyl (C=O) groups excluding carboxylic acids is 2. The molecular weight excluding hydrogens is 572 g/mol. The molecule has 2 heterocycles. The van der Waals surface area contributed by atoms with Gasteiger partial charge in [-0.15, -0.1) is 0 Å². The molecule has 1 aliphatic carbocycles. The zero-order valence-corrected chi connectivity index (χ0v) is 26.2. The number of benzene rings is 2. The largest absolute Gasteiger partial charge is 0.444 e. The predicted molar refractivity (Wildman–Crippen MR) is 175 cm³/mol. The first-order chi connectivity index (χ1) is 21.5. The third-order valence-electron chi connectivity index (χ3n) is 9.24. The van der Waals surface area contributed by atoms with Gasteiger partial charge in [0.15, 0.2) is 0 Å². The first kappa shape index (κ1) is 31.9. The van der Waals surface area contributed by atoms with Crippen molar-refractivity contribution in [1.29, 1.82) is 0 Å². The van der Waals surface area contributed by atoms with E-state index in [2.05, 4.69) is 27.2 Å². The molecule has 0 spiro atoms. The lowest BCUT2D eigenvalue weighted by atomic mass is 9.60. The van der Waals surface area contributed by atoms with Crippen molar-refractivity contribution >= 4 is 35.3 Å². The number of amides is 1. The van der Waals surface area contributed by atoms with E-state index in [1.165, 1.54) is 6.07 Å². The molecule has 1 saturated carbocycles. The van der Waals surface area contributed by atoms with Gasteiger partial charge >= 0.3 is 11.8 Å². The van der Waals surface area contributed by atoms with E-state index in [1.807, 2.05) is 57.3 Å². The highest BCUT2D eigenvalue weighted by Gasteiger charge is 2.44. The van der Waals surface area contributed by atoms with Crippen LogP contribution < -0.4 is 16.0 Å². The molecule has 1 aromatic heterocycles. The zero-order valence-electron chi connectivity index (χ0n) is 26.2. The number of aldehydes is 1. The summed E-state index contributed by atoms with van der Waals surface area (Å²) >= 11 is 0. The van der Waals surface area contributed by atoms with Crippen LogP contribution in [0, 0.1) is 10.1 Å². The Hall–Kier alpha value is -4.51. The molecule has 2 fully saturated rings. The number of nitrogens with two attached hydrogens (primary N) is 1. The van der Waals surface area contributed by atoms with Crippen LogP contribution >= 0.6 is 0 Å². The highest BCUT2D eigenvalue weighted by molar-refractivity contribution is 5.73. The third kappa shape index (κ3) is 7.42. The fourth-order valence-corrected chi connectivity index (χ4v) is 6.88. The molecule has 1 amide bonds. The Morgan fingerprint density at radius 1 is 1.18 bits per heavy atom. The minimum absolute atomic E-state index is 0.110. The number of aromatic nitrogens is 1. The molecule has 0 bridgehead atoms. The van der Waals surface area contributed by atoms with Crippen LogP contribution in [0.15, 0.2) is 60.7 Å². The molecule has 1 aliphatic heterocycles.